The Balaban J connectivity index is 3.81. The van der Waals surface area contributed by atoms with Gasteiger partial charge in [-0.15, -0.1) is 0 Å². The summed E-state index contributed by atoms with van der Waals surface area (Å²) in [6.45, 7) is 9.24. The molecule has 0 bridgehead atoms. The monoisotopic (exact) mass is 175 g/mol. The van der Waals surface area contributed by atoms with Crippen LogP contribution in [0.3, 0.4) is 0 Å². The molecule has 0 aromatic carbocycles. The zero-order chi connectivity index (χ0) is 8.91. The van der Waals surface area contributed by atoms with Crippen molar-refractivity contribution in [3.8, 4) is 0 Å². The van der Waals surface area contributed by atoms with Crippen molar-refractivity contribution in [2.45, 2.75) is 40.5 Å². The third-order valence-corrected chi connectivity index (χ3v) is 2.07. The summed E-state index contributed by atoms with van der Waals surface area (Å²) in [5.41, 5.74) is 0.0231. The predicted octanol–water partition coefficient (Wildman–Crippen LogP) is 3.47. The minimum Gasteiger partial charge on any atom is -0.277 e. The molecule has 11 heavy (non-hydrogen) atoms. The lowest BCUT2D eigenvalue weighted by Crippen LogP contribution is -2.14. The molecule has 0 aromatic rings. The first-order valence-corrected chi connectivity index (χ1v) is 4.56. The molecule has 0 saturated heterocycles. The second kappa shape index (κ2) is 4.76. The molecule has 0 N–H and O–H groups in total. The van der Waals surface area contributed by atoms with E-state index in [0.29, 0.717) is 0 Å². The maximum Gasteiger partial charge on any atom is 0.106 e. The van der Waals surface area contributed by atoms with Gasteiger partial charge in [0.05, 0.1) is 0 Å². The van der Waals surface area contributed by atoms with Crippen LogP contribution in [-0.4, -0.2) is 11.7 Å². The Hall–Kier alpha value is -0.0400. The van der Waals surface area contributed by atoms with Crippen molar-refractivity contribution >= 4 is 16.8 Å². The molecule has 0 aliphatic rings. The smallest absolute Gasteiger partial charge is 0.106 e. The first-order chi connectivity index (χ1) is 4.98. The van der Waals surface area contributed by atoms with Crippen molar-refractivity contribution < 1.29 is 0 Å². The van der Waals surface area contributed by atoms with Gasteiger partial charge in [0.25, 0.3) is 0 Å². The van der Waals surface area contributed by atoms with E-state index < -0.39 is 0 Å². The molecule has 0 heterocycles. The summed E-state index contributed by atoms with van der Waals surface area (Å²) in [5, 5.41) is 0.742. The second-order valence-corrected chi connectivity index (χ2v) is 4.13. The Morgan fingerprint density at radius 2 is 1.91 bits per heavy atom. The second-order valence-electron chi connectivity index (χ2n) is 3.78. The van der Waals surface area contributed by atoms with E-state index in [9.17, 15) is 0 Å². The van der Waals surface area contributed by atoms with Crippen LogP contribution in [0.5, 0.6) is 0 Å². The first-order valence-electron chi connectivity index (χ1n) is 4.19. The Morgan fingerprint density at radius 3 is 2.27 bits per heavy atom. The van der Waals surface area contributed by atoms with E-state index in [4.69, 9.17) is 11.6 Å². The summed E-state index contributed by atoms with van der Waals surface area (Å²) in [7, 11) is 0. The predicted molar refractivity (Wildman–Crippen MR) is 52.5 cm³/mol. The van der Waals surface area contributed by atoms with Crippen molar-refractivity contribution in [3.63, 3.8) is 0 Å². The Bertz CT molecular complexity index is 133. The lowest BCUT2D eigenvalue weighted by Gasteiger charge is -2.15. The van der Waals surface area contributed by atoms with Crippen LogP contribution in [0.2, 0.25) is 0 Å². The van der Waals surface area contributed by atoms with E-state index in [-0.39, 0.29) is 5.41 Å². The fourth-order valence-electron chi connectivity index (χ4n) is 0.573. The molecule has 0 radical (unpaired) electrons. The van der Waals surface area contributed by atoms with Crippen molar-refractivity contribution in [2.24, 2.45) is 10.4 Å². The van der Waals surface area contributed by atoms with Crippen molar-refractivity contribution in [3.05, 3.63) is 0 Å². The molecular formula is C9H18ClN. The number of nitrogens with zero attached hydrogens (tertiary/aromatic N) is 1. The molecule has 0 aromatic heterocycles. The molecule has 0 aliphatic heterocycles. The van der Waals surface area contributed by atoms with E-state index in [1.54, 1.807) is 0 Å². The number of halogens is 1. The number of aliphatic imine (C=N–C) groups is 1. The van der Waals surface area contributed by atoms with Crippen LogP contribution in [0.25, 0.3) is 0 Å². The third kappa shape index (κ3) is 5.25. The summed E-state index contributed by atoms with van der Waals surface area (Å²) in [6.07, 6.45) is 2.31. The molecule has 0 spiro atoms. The van der Waals surface area contributed by atoms with E-state index in [1.165, 1.54) is 6.42 Å². The van der Waals surface area contributed by atoms with Gasteiger partial charge in [-0.2, -0.15) is 0 Å². The fraction of sp³-hybridized carbons (Fsp3) is 0.889. The highest BCUT2D eigenvalue weighted by molar-refractivity contribution is 6.66. The van der Waals surface area contributed by atoms with Crippen LogP contribution >= 0.6 is 11.6 Å². The maximum absolute atomic E-state index is 5.94. The zero-order valence-corrected chi connectivity index (χ0v) is 8.70. The van der Waals surface area contributed by atoms with Crippen molar-refractivity contribution in [2.75, 3.05) is 6.54 Å². The van der Waals surface area contributed by atoms with Gasteiger partial charge in [-0.05, 0) is 6.42 Å². The van der Waals surface area contributed by atoms with Gasteiger partial charge in [0.1, 0.15) is 5.17 Å². The molecule has 0 atom stereocenters. The number of hydrogen-bond acceptors (Lipinski definition) is 1. The molecule has 0 saturated carbocycles. The van der Waals surface area contributed by atoms with Gasteiger partial charge in [-0.1, -0.05) is 45.7 Å². The SMILES string of the molecule is CCCCN=C(Cl)C(C)(C)C. The first kappa shape index (κ1) is 11.0. The topological polar surface area (TPSA) is 12.4 Å². The minimum absolute atomic E-state index is 0.0231. The molecule has 66 valence electrons. The molecular weight excluding hydrogens is 158 g/mol. The maximum atomic E-state index is 5.94. The molecule has 2 heteroatoms. The summed E-state index contributed by atoms with van der Waals surface area (Å²) in [5.74, 6) is 0. The molecule has 0 amide bonds. The van der Waals surface area contributed by atoms with Crippen LogP contribution in [-0.2, 0) is 0 Å². The van der Waals surface area contributed by atoms with Gasteiger partial charge in [0.2, 0.25) is 0 Å². The van der Waals surface area contributed by atoms with E-state index in [1.807, 2.05) is 0 Å². The molecule has 0 fully saturated rings. The number of rotatable bonds is 3. The quantitative estimate of drug-likeness (QED) is 0.460. The van der Waals surface area contributed by atoms with Crippen LogP contribution < -0.4 is 0 Å². The highest BCUT2D eigenvalue weighted by Crippen LogP contribution is 2.18. The average molecular weight is 176 g/mol. The third-order valence-electron chi connectivity index (χ3n) is 1.38. The number of unbranched alkanes of at least 4 members (excludes halogenated alkanes) is 1. The van der Waals surface area contributed by atoms with Gasteiger partial charge in [0, 0.05) is 12.0 Å². The van der Waals surface area contributed by atoms with E-state index in [2.05, 4.69) is 32.7 Å². The van der Waals surface area contributed by atoms with Gasteiger partial charge in [0.15, 0.2) is 0 Å². The van der Waals surface area contributed by atoms with Crippen LogP contribution in [0.15, 0.2) is 4.99 Å². The fourth-order valence-corrected chi connectivity index (χ4v) is 0.657. The van der Waals surface area contributed by atoms with Gasteiger partial charge < -0.3 is 0 Å². The lowest BCUT2D eigenvalue weighted by molar-refractivity contribution is 0.596. The summed E-state index contributed by atoms with van der Waals surface area (Å²) < 4.78 is 0. The zero-order valence-electron chi connectivity index (χ0n) is 7.95. The summed E-state index contributed by atoms with van der Waals surface area (Å²) >= 11 is 5.94. The lowest BCUT2D eigenvalue weighted by atomic mass is 9.99. The van der Waals surface area contributed by atoms with Crippen molar-refractivity contribution in [1.82, 2.24) is 0 Å². The normalized spacial score (nSPS) is 13.7. The summed E-state index contributed by atoms with van der Waals surface area (Å²) in [6, 6.07) is 0. The highest BCUT2D eigenvalue weighted by atomic mass is 35.5. The molecule has 0 rings (SSSR count). The standard InChI is InChI=1S/C9H18ClN/c1-5-6-7-11-8(10)9(2,3)4/h5-7H2,1-4H3. The van der Waals surface area contributed by atoms with Gasteiger partial charge in [-0.25, -0.2) is 0 Å². The van der Waals surface area contributed by atoms with Crippen LogP contribution in [0.4, 0.5) is 0 Å². The highest BCUT2D eigenvalue weighted by Gasteiger charge is 2.15. The summed E-state index contributed by atoms with van der Waals surface area (Å²) in [4.78, 5) is 4.27. The number of hydrogen-bond donors (Lipinski definition) is 0. The average Bonchev–Trinajstić information content (AvgIpc) is 1.86. The van der Waals surface area contributed by atoms with Gasteiger partial charge in [-0.3, -0.25) is 4.99 Å². The van der Waals surface area contributed by atoms with Gasteiger partial charge >= 0.3 is 0 Å². The Kier molecular flexibility index (Phi) is 4.74. The largest absolute Gasteiger partial charge is 0.277 e. The van der Waals surface area contributed by atoms with E-state index >= 15 is 0 Å². The van der Waals surface area contributed by atoms with E-state index in [0.717, 1.165) is 18.1 Å². The Labute approximate surface area is 74.9 Å². The van der Waals surface area contributed by atoms with Crippen molar-refractivity contribution in [1.29, 1.82) is 0 Å². The Morgan fingerprint density at radius 1 is 1.36 bits per heavy atom. The molecule has 0 unspecified atom stereocenters. The minimum atomic E-state index is 0.0231. The molecule has 1 nitrogen and oxygen atoms in total. The van der Waals surface area contributed by atoms with Crippen LogP contribution in [0.1, 0.15) is 40.5 Å². The molecule has 0 aliphatic carbocycles. The van der Waals surface area contributed by atoms with Crippen LogP contribution in [0, 0.1) is 5.41 Å².